The average Bonchev–Trinajstić information content (AvgIpc) is 2.30. The molecule has 1 saturated heterocycles. The van der Waals surface area contributed by atoms with Gasteiger partial charge in [-0.25, -0.2) is 0 Å². The second-order valence-electron chi connectivity index (χ2n) is 3.90. The average molecular weight is 276 g/mol. The summed E-state index contributed by atoms with van der Waals surface area (Å²) in [5, 5.41) is 4.05. The minimum absolute atomic E-state index is 0. The van der Waals surface area contributed by atoms with E-state index in [0.717, 1.165) is 50.1 Å². The third-order valence-corrected chi connectivity index (χ3v) is 2.92. The Labute approximate surface area is 113 Å². The topological polar surface area (TPSA) is 24.5 Å². The van der Waals surface area contributed by atoms with Gasteiger partial charge in [-0.3, -0.25) is 4.90 Å². The Morgan fingerprint density at radius 3 is 2.76 bits per heavy atom. The van der Waals surface area contributed by atoms with Gasteiger partial charge in [-0.2, -0.15) is 0 Å². The van der Waals surface area contributed by atoms with Gasteiger partial charge in [-0.15, -0.1) is 0 Å². The molecule has 0 bridgehead atoms. The van der Waals surface area contributed by atoms with Crippen molar-refractivity contribution in [2.24, 2.45) is 0 Å². The van der Waals surface area contributed by atoms with Crippen LogP contribution in [-0.4, -0.2) is 44.2 Å². The monoisotopic (exact) mass is 275 g/mol. The number of ether oxygens (including phenoxy) is 1. The van der Waals surface area contributed by atoms with Crippen molar-refractivity contribution >= 4 is 11.6 Å². The first-order chi connectivity index (χ1) is 7.84. The molecule has 1 N–H and O–H groups in total. The summed E-state index contributed by atoms with van der Waals surface area (Å²) in [7, 11) is 0. The summed E-state index contributed by atoms with van der Waals surface area (Å²) >= 11 is 5.87. The molecule has 1 heterocycles. The lowest BCUT2D eigenvalue weighted by Gasteiger charge is -2.26. The number of hydrogen-bond acceptors (Lipinski definition) is 3. The highest BCUT2D eigenvalue weighted by molar-refractivity contribution is 6.30. The van der Waals surface area contributed by atoms with E-state index < -0.39 is 0 Å². The van der Waals surface area contributed by atoms with E-state index in [1.54, 1.807) is 0 Å². The molecular weight excluding hydrogens is 259 g/mol. The quantitative estimate of drug-likeness (QED) is 0.734. The van der Waals surface area contributed by atoms with Crippen LogP contribution in [0.2, 0.25) is 5.02 Å². The molecule has 0 aromatic heterocycles. The zero-order valence-electron chi connectivity index (χ0n) is 9.66. The Morgan fingerprint density at radius 2 is 2.06 bits per heavy atom. The van der Waals surface area contributed by atoms with Crippen molar-refractivity contribution < 1.29 is 17.1 Å². The molecule has 17 heavy (non-hydrogen) atoms. The van der Waals surface area contributed by atoms with Crippen LogP contribution in [0.15, 0.2) is 24.3 Å². The van der Waals surface area contributed by atoms with Gasteiger partial charge in [0.05, 0.1) is 0 Å². The Kier molecular flexibility index (Phi) is 6.66. The fraction of sp³-hybridized carbons (Fsp3) is 0.500. The van der Waals surface area contributed by atoms with Crippen LogP contribution in [0, 0.1) is 0 Å². The molecule has 1 aromatic rings. The molecule has 1 fully saturated rings. The third kappa shape index (κ3) is 5.13. The highest BCUT2D eigenvalue weighted by Crippen LogP contribution is 2.16. The van der Waals surface area contributed by atoms with E-state index in [9.17, 15) is 0 Å². The summed E-state index contributed by atoms with van der Waals surface area (Å²) in [4.78, 5) is 2.40. The van der Waals surface area contributed by atoms with Gasteiger partial charge in [0.15, 0.2) is 0 Å². The number of nitrogens with zero attached hydrogens (tertiary/aromatic N) is 1. The van der Waals surface area contributed by atoms with Gasteiger partial charge in [0.2, 0.25) is 0 Å². The van der Waals surface area contributed by atoms with E-state index in [1.165, 1.54) is 0 Å². The predicted molar refractivity (Wildman–Crippen MR) is 66.3 cm³/mol. The maximum Gasteiger partial charge on any atom is 0.120 e. The Morgan fingerprint density at radius 1 is 1.29 bits per heavy atom. The summed E-state index contributed by atoms with van der Waals surface area (Å²) in [5.41, 5.74) is 0. The van der Waals surface area contributed by atoms with Crippen LogP contribution >= 0.6 is 11.6 Å². The molecule has 0 saturated carbocycles. The summed E-state index contributed by atoms with van der Waals surface area (Å²) < 4.78 is 5.64. The van der Waals surface area contributed by atoms with Crippen LogP contribution in [0.3, 0.4) is 0 Å². The lowest BCUT2D eigenvalue weighted by molar-refractivity contribution is -0.00000374. The Bertz CT molecular complexity index is 330. The zero-order chi connectivity index (χ0) is 11.2. The molecule has 0 amide bonds. The Hall–Kier alpha value is -0.480. The van der Waals surface area contributed by atoms with Gasteiger partial charge in [-0.1, -0.05) is 17.7 Å². The summed E-state index contributed by atoms with van der Waals surface area (Å²) in [6.45, 7) is 6.08. The number of piperazine rings is 1. The van der Waals surface area contributed by atoms with Crippen molar-refractivity contribution in [3.63, 3.8) is 0 Å². The normalized spacial score (nSPS) is 16.3. The highest BCUT2D eigenvalue weighted by atomic mass is 35.5. The molecule has 0 radical (unpaired) electrons. The minimum Gasteiger partial charge on any atom is -1.00 e. The van der Waals surface area contributed by atoms with Crippen molar-refractivity contribution in [3.8, 4) is 5.75 Å². The molecule has 0 spiro atoms. The predicted octanol–water partition coefficient (Wildman–Crippen LogP) is -1.37. The molecule has 5 heteroatoms. The van der Waals surface area contributed by atoms with E-state index in [1.807, 2.05) is 24.3 Å². The molecule has 2 rings (SSSR count). The molecule has 1 aromatic carbocycles. The van der Waals surface area contributed by atoms with Crippen LogP contribution < -0.4 is 22.5 Å². The van der Waals surface area contributed by atoms with Gasteiger partial charge in [-0.05, 0) is 18.2 Å². The molecule has 0 aliphatic carbocycles. The van der Waals surface area contributed by atoms with E-state index >= 15 is 0 Å². The van der Waals surface area contributed by atoms with Crippen LogP contribution in [0.25, 0.3) is 0 Å². The van der Waals surface area contributed by atoms with Crippen molar-refractivity contribution in [3.05, 3.63) is 29.3 Å². The first-order valence-electron chi connectivity index (χ1n) is 5.66. The number of rotatable bonds is 4. The number of hydrogen-bond donors (Lipinski definition) is 1. The SMILES string of the molecule is Clc1cccc(OCCN2CCNCC2)c1.[Cl-]. The largest absolute Gasteiger partial charge is 1.00 e. The standard InChI is InChI=1S/C12H17ClN2O.ClH/c13-11-2-1-3-12(10-11)16-9-8-15-6-4-14-5-7-15;/h1-3,10,14H,4-9H2;1H/p-1. The fourth-order valence-electron chi connectivity index (χ4n) is 1.78. The van der Waals surface area contributed by atoms with E-state index in [0.29, 0.717) is 0 Å². The number of benzene rings is 1. The van der Waals surface area contributed by atoms with E-state index in [4.69, 9.17) is 16.3 Å². The van der Waals surface area contributed by atoms with Crippen molar-refractivity contribution in [1.82, 2.24) is 10.2 Å². The van der Waals surface area contributed by atoms with Crippen LogP contribution in [0.4, 0.5) is 0 Å². The third-order valence-electron chi connectivity index (χ3n) is 2.68. The molecule has 96 valence electrons. The molecule has 0 unspecified atom stereocenters. The summed E-state index contributed by atoms with van der Waals surface area (Å²) in [6, 6.07) is 7.54. The second-order valence-corrected chi connectivity index (χ2v) is 4.33. The van der Waals surface area contributed by atoms with Crippen molar-refractivity contribution in [1.29, 1.82) is 0 Å². The molecule has 0 atom stereocenters. The van der Waals surface area contributed by atoms with Crippen LogP contribution in [0.1, 0.15) is 0 Å². The zero-order valence-corrected chi connectivity index (χ0v) is 11.2. The van der Waals surface area contributed by atoms with Gasteiger partial charge >= 0.3 is 0 Å². The first kappa shape index (κ1) is 14.6. The lowest BCUT2D eigenvalue weighted by Crippen LogP contribution is -3.00. The molecule has 1 aliphatic heterocycles. The lowest BCUT2D eigenvalue weighted by atomic mass is 10.3. The van der Waals surface area contributed by atoms with E-state index in [-0.39, 0.29) is 12.4 Å². The maximum absolute atomic E-state index is 5.87. The fourth-order valence-corrected chi connectivity index (χ4v) is 1.96. The number of nitrogens with one attached hydrogen (secondary N) is 1. The molecular formula is C12H17Cl2N2O-. The van der Waals surface area contributed by atoms with E-state index in [2.05, 4.69) is 10.2 Å². The molecule has 3 nitrogen and oxygen atoms in total. The van der Waals surface area contributed by atoms with Crippen molar-refractivity contribution in [2.45, 2.75) is 0 Å². The summed E-state index contributed by atoms with van der Waals surface area (Å²) in [6.07, 6.45) is 0. The first-order valence-corrected chi connectivity index (χ1v) is 6.04. The summed E-state index contributed by atoms with van der Waals surface area (Å²) in [5.74, 6) is 0.850. The minimum atomic E-state index is 0. The highest BCUT2D eigenvalue weighted by Gasteiger charge is 2.08. The van der Waals surface area contributed by atoms with Gasteiger partial charge in [0, 0.05) is 37.7 Å². The second kappa shape index (κ2) is 7.77. The van der Waals surface area contributed by atoms with Gasteiger partial charge in [0.25, 0.3) is 0 Å². The van der Waals surface area contributed by atoms with Gasteiger partial charge < -0.3 is 22.5 Å². The molecule has 1 aliphatic rings. The smallest absolute Gasteiger partial charge is 0.120 e. The van der Waals surface area contributed by atoms with Crippen molar-refractivity contribution in [2.75, 3.05) is 39.3 Å². The number of halogens is 2. The maximum atomic E-state index is 5.87. The Balaban J connectivity index is 0.00000144. The van der Waals surface area contributed by atoms with Crippen LogP contribution in [-0.2, 0) is 0 Å². The van der Waals surface area contributed by atoms with Crippen LogP contribution in [0.5, 0.6) is 5.75 Å². The van der Waals surface area contributed by atoms with Gasteiger partial charge in [0.1, 0.15) is 12.4 Å².